The van der Waals surface area contributed by atoms with Gasteiger partial charge in [0, 0.05) is 21.4 Å². The van der Waals surface area contributed by atoms with Crippen LogP contribution in [0.4, 0.5) is 11.4 Å². The lowest BCUT2D eigenvalue weighted by molar-refractivity contribution is 0.101. The van der Waals surface area contributed by atoms with Gasteiger partial charge in [-0.3, -0.25) is 9.59 Å². The minimum Gasteiger partial charge on any atom is -0.490 e. The maximum Gasteiger partial charge on any atom is 0.259 e. The average molecular weight is 509 g/mol. The Morgan fingerprint density at radius 2 is 1.36 bits per heavy atom. The van der Waals surface area contributed by atoms with E-state index < -0.39 is 0 Å². The van der Waals surface area contributed by atoms with Crippen LogP contribution in [-0.2, 0) is 5.41 Å². The summed E-state index contributed by atoms with van der Waals surface area (Å²) in [5.41, 5.74) is 3.49. The zero-order valence-electron chi connectivity index (χ0n) is 19.5. The van der Waals surface area contributed by atoms with Crippen molar-refractivity contribution in [3.63, 3.8) is 0 Å². The van der Waals surface area contributed by atoms with Gasteiger partial charge < -0.3 is 15.4 Å². The van der Waals surface area contributed by atoms with Crippen molar-refractivity contribution in [2.75, 3.05) is 10.6 Å². The van der Waals surface area contributed by atoms with Crippen LogP contribution in [0.3, 0.4) is 0 Å². The lowest BCUT2D eigenvalue weighted by Crippen LogP contribution is -2.16. The Balaban J connectivity index is 1.67. The normalized spacial score (nSPS) is 11.2. The number of halogens is 1. The van der Waals surface area contributed by atoms with Crippen LogP contribution in [0.5, 0.6) is 5.75 Å². The van der Waals surface area contributed by atoms with Gasteiger partial charge in [0.1, 0.15) is 5.75 Å². The molecule has 0 heterocycles. The molecule has 3 aromatic carbocycles. The molecule has 33 heavy (non-hydrogen) atoms. The van der Waals surface area contributed by atoms with E-state index in [0.717, 1.165) is 4.47 Å². The second kappa shape index (κ2) is 10.2. The summed E-state index contributed by atoms with van der Waals surface area (Å²) < 4.78 is 6.55. The second-order valence-electron chi connectivity index (χ2n) is 9.12. The number of anilines is 2. The number of carbonyl (C=O) groups excluding carboxylic acids is 2. The van der Waals surface area contributed by atoms with Crippen LogP contribution in [0.2, 0.25) is 0 Å². The van der Waals surface area contributed by atoms with E-state index in [4.69, 9.17) is 4.74 Å². The van der Waals surface area contributed by atoms with Gasteiger partial charge in [0.05, 0.1) is 11.7 Å². The first-order valence-electron chi connectivity index (χ1n) is 10.8. The molecule has 172 valence electrons. The molecule has 6 heteroatoms. The molecule has 0 aliphatic heterocycles. The molecule has 0 atom stereocenters. The third-order valence-electron chi connectivity index (χ3n) is 4.96. The maximum atomic E-state index is 12.8. The zero-order chi connectivity index (χ0) is 24.2. The number of carbonyl (C=O) groups is 2. The van der Waals surface area contributed by atoms with Gasteiger partial charge in [-0.1, -0.05) is 48.8 Å². The molecule has 2 amide bonds. The molecule has 0 saturated heterocycles. The molecule has 2 N–H and O–H groups in total. The average Bonchev–Trinajstić information content (AvgIpc) is 2.75. The largest absolute Gasteiger partial charge is 0.490 e. The molecule has 0 bridgehead atoms. The Morgan fingerprint density at radius 1 is 0.818 bits per heavy atom. The highest BCUT2D eigenvalue weighted by atomic mass is 79.9. The van der Waals surface area contributed by atoms with Gasteiger partial charge in [0.2, 0.25) is 0 Å². The van der Waals surface area contributed by atoms with Crippen molar-refractivity contribution in [2.24, 2.45) is 0 Å². The van der Waals surface area contributed by atoms with Gasteiger partial charge in [0.15, 0.2) is 0 Å². The fourth-order valence-corrected chi connectivity index (χ4v) is 3.56. The van der Waals surface area contributed by atoms with Crippen molar-refractivity contribution < 1.29 is 14.3 Å². The predicted molar refractivity (Wildman–Crippen MR) is 137 cm³/mol. The van der Waals surface area contributed by atoms with E-state index in [1.165, 1.54) is 5.56 Å². The van der Waals surface area contributed by atoms with Crippen molar-refractivity contribution >= 4 is 39.1 Å². The van der Waals surface area contributed by atoms with E-state index in [-0.39, 0.29) is 23.3 Å². The third kappa shape index (κ3) is 6.68. The van der Waals surface area contributed by atoms with E-state index in [1.54, 1.807) is 36.4 Å². The topological polar surface area (TPSA) is 67.4 Å². The van der Waals surface area contributed by atoms with Gasteiger partial charge in [-0.2, -0.15) is 0 Å². The molecule has 0 saturated carbocycles. The van der Waals surface area contributed by atoms with E-state index in [2.05, 4.69) is 47.3 Å². The number of hydrogen-bond acceptors (Lipinski definition) is 3. The van der Waals surface area contributed by atoms with Crippen LogP contribution in [0.25, 0.3) is 0 Å². The fraction of sp³-hybridized carbons (Fsp3) is 0.259. The van der Waals surface area contributed by atoms with Gasteiger partial charge in [-0.15, -0.1) is 0 Å². The Bertz CT molecular complexity index is 1130. The van der Waals surface area contributed by atoms with E-state index in [1.807, 2.05) is 44.2 Å². The molecule has 0 aromatic heterocycles. The minimum atomic E-state index is -0.275. The summed E-state index contributed by atoms with van der Waals surface area (Å²) in [5, 5.41) is 5.77. The van der Waals surface area contributed by atoms with E-state index in [9.17, 15) is 9.59 Å². The fourth-order valence-electron chi connectivity index (χ4n) is 3.20. The first kappa shape index (κ1) is 24.5. The van der Waals surface area contributed by atoms with Crippen LogP contribution >= 0.6 is 15.9 Å². The molecular formula is C27H29BrN2O3. The number of hydrogen-bond donors (Lipinski definition) is 2. The summed E-state index contributed by atoms with van der Waals surface area (Å²) in [6.45, 7) is 10.2. The standard InChI is InChI=1S/C27H29BrN2O3/c1-17(2)33-24-15-10-20(28)16-23(24)26(32)30-22-13-11-21(12-14-22)29-25(31)18-6-8-19(9-7-18)27(3,4)5/h6-17H,1-5H3,(H,29,31)(H,30,32). The predicted octanol–water partition coefficient (Wildman–Crippen LogP) is 7.04. The van der Waals surface area contributed by atoms with Gasteiger partial charge in [-0.25, -0.2) is 0 Å². The highest BCUT2D eigenvalue weighted by Gasteiger charge is 2.16. The monoisotopic (exact) mass is 508 g/mol. The van der Waals surface area contributed by atoms with Crippen LogP contribution in [0.1, 0.15) is 60.9 Å². The first-order chi connectivity index (χ1) is 15.5. The summed E-state index contributed by atoms with van der Waals surface area (Å²) in [4.78, 5) is 25.4. The molecule has 3 rings (SSSR count). The van der Waals surface area contributed by atoms with Crippen LogP contribution in [0, 0.1) is 0 Å². The lowest BCUT2D eigenvalue weighted by Gasteiger charge is -2.19. The number of rotatable bonds is 6. The molecule has 0 spiro atoms. The Morgan fingerprint density at radius 3 is 1.88 bits per heavy atom. The zero-order valence-corrected chi connectivity index (χ0v) is 21.1. The number of amides is 2. The number of nitrogens with one attached hydrogen (secondary N) is 2. The van der Waals surface area contributed by atoms with E-state index in [0.29, 0.717) is 28.3 Å². The molecule has 0 fully saturated rings. The Labute approximate surface area is 203 Å². The highest BCUT2D eigenvalue weighted by molar-refractivity contribution is 9.10. The van der Waals surface area contributed by atoms with Crippen molar-refractivity contribution in [1.29, 1.82) is 0 Å². The molecule has 0 radical (unpaired) electrons. The summed E-state index contributed by atoms with van der Waals surface area (Å²) in [6.07, 6.45) is -0.0507. The summed E-state index contributed by atoms with van der Waals surface area (Å²) in [6, 6.07) is 20.0. The first-order valence-corrected chi connectivity index (χ1v) is 11.6. The minimum absolute atomic E-state index is 0.0345. The lowest BCUT2D eigenvalue weighted by atomic mass is 9.87. The van der Waals surface area contributed by atoms with Crippen molar-refractivity contribution in [1.82, 2.24) is 0 Å². The molecule has 5 nitrogen and oxygen atoms in total. The summed E-state index contributed by atoms with van der Waals surface area (Å²) >= 11 is 3.41. The van der Waals surface area contributed by atoms with E-state index >= 15 is 0 Å². The summed E-state index contributed by atoms with van der Waals surface area (Å²) in [5.74, 6) is 0.0617. The number of benzene rings is 3. The van der Waals surface area contributed by atoms with Gasteiger partial charge in [-0.05, 0) is 79.4 Å². The molecule has 0 unspecified atom stereocenters. The van der Waals surface area contributed by atoms with Crippen molar-refractivity contribution in [3.8, 4) is 5.75 Å². The molecule has 0 aliphatic carbocycles. The van der Waals surface area contributed by atoms with Crippen LogP contribution in [0.15, 0.2) is 71.2 Å². The molecule has 3 aromatic rings. The molecular weight excluding hydrogens is 480 g/mol. The maximum absolute atomic E-state index is 12.8. The third-order valence-corrected chi connectivity index (χ3v) is 5.46. The van der Waals surface area contributed by atoms with Crippen molar-refractivity contribution in [2.45, 2.75) is 46.1 Å². The van der Waals surface area contributed by atoms with Crippen LogP contribution < -0.4 is 15.4 Å². The smallest absolute Gasteiger partial charge is 0.259 e. The molecule has 0 aliphatic rings. The quantitative estimate of drug-likeness (QED) is 0.375. The SMILES string of the molecule is CC(C)Oc1ccc(Br)cc1C(=O)Nc1ccc(NC(=O)c2ccc(C(C)(C)C)cc2)cc1. The van der Waals surface area contributed by atoms with Gasteiger partial charge >= 0.3 is 0 Å². The van der Waals surface area contributed by atoms with Crippen LogP contribution in [-0.4, -0.2) is 17.9 Å². The summed E-state index contributed by atoms with van der Waals surface area (Å²) in [7, 11) is 0. The van der Waals surface area contributed by atoms with Gasteiger partial charge in [0.25, 0.3) is 11.8 Å². The second-order valence-corrected chi connectivity index (χ2v) is 10.0. The van der Waals surface area contributed by atoms with Crippen molar-refractivity contribution in [3.05, 3.63) is 87.9 Å². The highest BCUT2D eigenvalue weighted by Crippen LogP contribution is 2.26. The Hall–Kier alpha value is -3.12. The Kier molecular flexibility index (Phi) is 7.59. The number of ether oxygens (including phenoxy) is 1.